The topological polar surface area (TPSA) is 55.8 Å². The van der Waals surface area contributed by atoms with Crippen LogP contribution in [0.15, 0.2) is 18.2 Å². The van der Waals surface area contributed by atoms with Crippen LogP contribution in [0.1, 0.15) is 10.4 Å². The fourth-order valence-electron chi connectivity index (χ4n) is 1.13. The van der Waals surface area contributed by atoms with Gasteiger partial charge >= 0.3 is 18.3 Å². The van der Waals surface area contributed by atoms with Crippen LogP contribution in [0, 0.1) is 0 Å². The molecule has 0 aliphatic carbocycles. The van der Waals surface area contributed by atoms with Crippen LogP contribution in [0.5, 0.6) is 11.5 Å². The molecule has 0 radical (unpaired) electrons. The predicted molar refractivity (Wildman–Crippen MR) is 55.9 cm³/mol. The van der Waals surface area contributed by atoms with E-state index < -0.39 is 30.7 Å². The minimum atomic E-state index is -4.30. The monoisotopic (exact) mass is 282 g/mol. The summed E-state index contributed by atoms with van der Waals surface area (Å²) in [6.07, 6.45) is -3.85. The summed E-state index contributed by atoms with van der Waals surface area (Å²) in [5, 5.41) is 9.42. The molecular weight excluding hydrogens is 272 g/mol. The lowest BCUT2D eigenvalue weighted by molar-refractivity contribution is -0.148. The second kappa shape index (κ2) is 5.77. The number of ether oxygens (including phenoxy) is 2. The van der Waals surface area contributed by atoms with Crippen molar-refractivity contribution in [2.45, 2.75) is 12.3 Å². The van der Waals surface area contributed by atoms with Crippen LogP contribution in [-0.4, -0.2) is 37.1 Å². The Balaban J connectivity index is 2.77. The first-order valence-electron chi connectivity index (χ1n) is 4.98. The van der Waals surface area contributed by atoms with E-state index in [1.807, 2.05) is 0 Å². The molecule has 0 bridgehead atoms. The van der Waals surface area contributed by atoms with Crippen LogP contribution in [0.4, 0.5) is 17.6 Å². The molecule has 0 aliphatic rings. The Kier molecular flexibility index (Phi) is 4.57. The zero-order valence-electron chi connectivity index (χ0n) is 9.70. The highest BCUT2D eigenvalue weighted by Gasteiger charge is 2.41. The van der Waals surface area contributed by atoms with E-state index in [0.29, 0.717) is 0 Å². The van der Waals surface area contributed by atoms with Crippen molar-refractivity contribution in [2.24, 2.45) is 0 Å². The van der Waals surface area contributed by atoms with Gasteiger partial charge in [-0.15, -0.1) is 0 Å². The summed E-state index contributed by atoms with van der Waals surface area (Å²) in [5.74, 6) is -5.96. The minimum Gasteiger partial charge on any atom is -0.507 e. The summed E-state index contributed by atoms with van der Waals surface area (Å²) in [6.45, 7) is -1.54. The molecule has 0 saturated carbocycles. The van der Waals surface area contributed by atoms with Crippen molar-refractivity contribution in [2.75, 3.05) is 13.7 Å². The van der Waals surface area contributed by atoms with Crippen LogP contribution in [-0.2, 0) is 4.74 Å². The number of phenolic OH excluding ortho intramolecular Hbond substituents is 1. The van der Waals surface area contributed by atoms with Crippen molar-refractivity contribution in [3.05, 3.63) is 23.8 Å². The SMILES string of the molecule is COC(=O)c1ccc(OCC(F)(F)C(F)F)cc1O. The van der Waals surface area contributed by atoms with Crippen LogP contribution in [0.2, 0.25) is 0 Å². The highest BCUT2D eigenvalue weighted by molar-refractivity contribution is 5.92. The lowest BCUT2D eigenvalue weighted by Crippen LogP contribution is -2.33. The van der Waals surface area contributed by atoms with Gasteiger partial charge in [-0.1, -0.05) is 0 Å². The van der Waals surface area contributed by atoms with Crippen molar-refractivity contribution in [1.29, 1.82) is 0 Å². The van der Waals surface area contributed by atoms with Crippen LogP contribution >= 0.6 is 0 Å². The fraction of sp³-hybridized carbons (Fsp3) is 0.364. The third kappa shape index (κ3) is 3.73. The number of aromatic hydroxyl groups is 1. The van der Waals surface area contributed by atoms with Crippen LogP contribution in [0.3, 0.4) is 0 Å². The van der Waals surface area contributed by atoms with E-state index in [2.05, 4.69) is 9.47 Å². The van der Waals surface area contributed by atoms with Gasteiger partial charge in [0.05, 0.1) is 7.11 Å². The second-order valence-corrected chi connectivity index (χ2v) is 3.52. The van der Waals surface area contributed by atoms with E-state index in [9.17, 15) is 27.5 Å². The maximum Gasteiger partial charge on any atom is 0.341 e. The van der Waals surface area contributed by atoms with Gasteiger partial charge in [0, 0.05) is 6.07 Å². The van der Waals surface area contributed by atoms with Crippen molar-refractivity contribution < 1.29 is 36.9 Å². The standard InChI is InChI=1S/C11H10F4O4/c1-18-9(17)7-3-2-6(4-8(7)16)19-5-11(14,15)10(12)13/h2-4,10,16H,5H2,1H3. The average molecular weight is 282 g/mol. The summed E-state index contributed by atoms with van der Waals surface area (Å²) in [6, 6.07) is 3.00. The van der Waals surface area contributed by atoms with Gasteiger partial charge in [-0.25, -0.2) is 13.6 Å². The summed E-state index contributed by atoms with van der Waals surface area (Å²) in [7, 11) is 1.09. The molecule has 1 rings (SSSR count). The molecule has 0 fully saturated rings. The van der Waals surface area contributed by atoms with E-state index in [4.69, 9.17) is 0 Å². The molecule has 0 aromatic heterocycles. The molecule has 0 saturated heterocycles. The molecule has 0 amide bonds. The van der Waals surface area contributed by atoms with E-state index in [0.717, 1.165) is 25.3 Å². The van der Waals surface area contributed by atoms with Gasteiger partial charge in [-0.05, 0) is 12.1 Å². The number of methoxy groups -OCH3 is 1. The first-order valence-corrected chi connectivity index (χ1v) is 4.98. The average Bonchev–Trinajstić information content (AvgIpc) is 2.35. The van der Waals surface area contributed by atoms with Gasteiger partial charge in [-0.3, -0.25) is 0 Å². The molecule has 1 aromatic carbocycles. The third-order valence-corrected chi connectivity index (χ3v) is 2.13. The fourth-order valence-corrected chi connectivity index (χ4v) is 1.13. The number of carbonyl (C=O) groups excluding carboxylic acids is 1. The Morgan fingerprint density at radius 2 is 2.05 bits per heavy atom. The molecule has 1 aromatic rings. The van der Waals surface area contributed by atoms with Crippen molar-refractivity contribution in [3.63, 3.8) is 0 Å². The van der Waals surface area contributed by atoms with Crippen molar-refractivity contribution in [3.8, 4) is 11.5 Å². The number of hydrogen-bond donors (Lipinski definition) is 1. The number of esters is 1. The van der Waals surface area contributed by atoms with Crippen molar-refractivity contribution in [1.82, 2.24) is 0 Å². The summed E-state index contributed by atoms with van der Waals surface area (Å²) in [4.78, 5) is 11.1. The molecule has 19 heavy (non-hydrogen) atoms. The van der Waals surface area contributed by atoms with Gasteiger partial charge in [0.15, 0.2) is 6.61 Å². The van der Waals surface area contributed by atoms with E-state index in [1.54, 1.807) is 0 Å². The number of alkyl halides is 4. The highest BCUT2D eigenvalue weighted by Crippen LogP contribution is 2.27. The molecule has 0 unspecified atom stereocenters. The predicted octanol–water partition coefficient (Wildman–Crippen LogP) is 2.46. The normalized spacial score (nSPS) is 11.5. The van der Waals surface area contributed by atoms with Crippen LogP contribution in [0.25, 0.3) is 0 Å². The number of carbonyl (C=O) groups is 1. The summed E-state index contributed by atoms with van der Waals surface area (Å²) >= 11 is 0. The zero-order valence-corrected chi connectivity index (χ0v) is 9.70. The number of rotatable bonds is 5. The zero-order chi connectivity index (χ0) is 14.6. The molecule has 0 spiro atoms. The maximum atomic E-state index is 12.6. The molecule has 106 valence electrons. The first-order chi connectivity index (χ1) is 8.77. The molecule has 0 aliphatic heterocycles. The molecule has 0 atom stereocenters. The minimum absolute atomic E-state index is 0.199. The Bertz CT molecular complexity index is 462. The van der Waals surface area contributed by atoms with Gasteiger partial charge in [-0.2, -0.15) is 8.78 Å². The molecule has 0 heterocycles. The second-order valence-electron chi connectivity index (χ2n) is 3.52. The number of hydrogen-bond acceptors (Lipinski definition) is 4. The lowest BCUT2D eigenvalue weighted by atomic mass is 10.2. The molecule has 4 nitrogen and oxygen atoms in total. The molecular formula is C11H10F4O4. The number of benzene rings is 1. The Morgan fingerprint density at radius 1 is 1.42 bits per heavy atom. The molecule has 8 heteroatoms. The summed E-state index contributed by atoms with van der Waals surface area (Å²) in [5.41, 5.74) is -0.199. The van der Waals surface area contributed by atoms with Gasteiger partial charge in [0.2, 0.25) is 0 Å². The van der Waals surface area contributed by atoms with E-state index >= 15 is 0 Å². The van der Waals surface area contributed by atoms with Crippen molar-refractivity contribution >= 4 is 5.97 Å². The Morgan fingerprint density at radius 3 is 2.53 bits per heavy atom. The van der Waals surface area contributed by atoms with Crippen LogP contribution < -0.4 is 4.74 Å². The number of halogens is 4. The number of phenols is 1. The van der Waals surface area contributed by atoms with E-state index in [1.165, 1.54) is 0 Å². The van der Waals surface area contributed by atoms with Gasteiger partial charge < -0.3 is 14.6 Å². The summed E-state index contributed by atoms with van der Waals surface area (Å²) < 4.78 is 57.7. The largest absolute Gasteiger partial charge is 0.507 e. The lowest BCUT2D eigenvalue weighted by Gasteiger charge is -2.16. The molecule has 1 N–H and O–H groups in total. The first kappa shape index (κ1) is 15.1. The highest BCUT2D eigenvalue weighted by atomic mass is 19.3. The maximum absolute atomic E-state index is 12.6. The van der Waals surface area contributed by atoms with E-state index in [-0.39, 0.29) is 11.3 Å². The smallest absolute Gasteiger partial charge is 0.341 e. The third-order valence-electron chi connectivity index (χ3n) is 2.13. The quantitative estimate of drug-likeness (QED) is 0.665. The van der Waals surface area contributed by atoms with Gasteiger partial charge in [0.25, 0.3) is 0 Å². The Hall–Kier alpha value is -1.99. The Labute approximate surface area is 105 Å². The van der Waals surface area contributed by atoms with Gasteiger partial charge in [0.1, 0.15) is 17.1 Å².